The van der Waals surface area contributed by atoms with E-state index in [1.807, 2.05) is 48.5 Å². The Bertz CT molecular complexity index is 1810. The van der Waals surface area contributed by atoms with E-state index in [-0.39, 0.29) is 0 Å². The van der Waals surface area contributed by atoms with Crippen LogP contribution in [0.25, 0.3) is 65.4 Å². The maximum Gasteiger partial charge on any atom is 0.198 e. The van der Waals surface area contributed by atoms with Gasteiger partial charge in [-0.25, -0.2) is 24.9 Å². The van der Waals surface area contributed by atoms with Crippen LogP contribution >= 0.6 is 11.3 Å². The molecule has 0 N–H and O–H groups in total. The molecule has 0 aliphatic carbocycles. The van der Waals surface area contributed by atoms with Crippen molar-refractivity contribution in [2.75, 3.05) is 0 Å². The van der Waals surface area contributed by atoms with E-state index in [4.69, 9.17) is 15.0 Å². The number of hydrogen-bond donors (Lipinski definition) is 0. The second kappa shape index (κ2) is 8.04. The quantitative estimate of drug-likeness (QED) is 0.257. The molecule has 0 atom stereocenters. The highest BCUT2D eigenvalue weighted by molar-refractivity contribution is 7.21. The maximum absolute atomic E-state index is 4.95. The van der Waals surface area contributed by atoms with Gasteiger partial charge in [0.15, 0.2) is 11.6 Å². The summed E-state index contributed by atoms with van der Waals surface area (Å²) in [6, 6.07) is 30.8. The molecule has 0 radical (unpaired) electrons. The second-order valence-electron chi connectivity index (χ2n) is 8.23. The summed E-state index contributed by atoms with van der Waals surface area (Å²) in [6.45, 7) is 0. The Morgan fingerprint density at radius 2 is 1.31 bits per heavy atom. The van der Waals surface area contributed by atoms with Gasteiger partial charge in [-0.05, 0) is 23.6 Å². The highest BCUT2D eigenvalue weighted by Crippen LogP contribution is 2.33. The zero-order valence-corrected chi connectivity index (χ0v) is 19.3. The second-order valence-corrected chi connectivity index (χ2v) is 9.26. The molecular weight excluding hydrogens is 450 g/mol. The van der Waals surface area contributed by atoms with Gasteiger partial charge < -0.3 is 0 Å². The number of fused-ring (bicyclic) bond motifs is 4. The summed E-state index contributed by atoms with van der Waals surface area (Å²) in [4.78, 5) is 23.9. The van der Waals surface area contributed by atoms with E-state index in [0.29, 0.717) is 11.6 Å². The molecule has 35 heavy (non-hydrogen) atoms. The Labute approximate surface area is 204 Å². The average molecular weight is 468 g/mol. The van der Waals surface area contributed by atoms with E-state index >= 15 is 0 Å². The molecule has 0 bridgehead atoms. The molecule has 6 heteroatoms. The van der Waals surface area contributed by atoms with Crippen molar-refractivity contribution in [2.45, 2.75) is 0 Å². The lowest BCUT2D eigenvalue weighted by Crippen LogP contribution is -1.99. The van der Waals surface area contributed by atoms with Gasteiger partial charge in [0.1, 0.15) is 5.01 Å². The molecule has 4 aromatic carbocycles. The van der Waals surface area contributed by atoms with Gasteiger partial charge in [0, 0.05) is 34.3 Å². The predicted octanol–water partition coefficient (Wildman–Crippen LogP) is 7.18. The Morgan fingerprint density at radius 1 is 0.543 bits per heavy atom. The average Bonchev–Trinajstić information content (AvgIpc) is 3.37. The minimum atomic E-state index is 0.488. The normalized spacial score (nSPS) is 11.4. The molecule has 7 aromatic rings. The topological polar surface area (TPSA) is 64.5 Å². The van der Waals surface area contributed by atoms with E-state index in [9.17, 15) is 0 Å². The third kappa shape index (κ3) is 3.43. The molecule has 0 unspecified atom stereocenters. The fourth-order valence-corrected chi connectivity index (χ4v) is 5.27. The number of rotatable bonds is 3. The van der Waals surface area contributed by atoms with E-state index in [1.54, 1.807) is 23.7 Å². The lowest BCUT2D eigenvalue weighted by Gasteiger charge is -2.11. The summed E-state index contributed by atoms with van der Waals surface area (Å²) >= 11 is 1.63. The van der Waals surface area contributed by atoms with Crippen molar-refractivity contribution in [2.24, 2.45) is 0 Å². The molecule has 0 saturated carbocycles. The maximum atomic E-state index is 4.95. The zero-order valence-electron chi connectivity index (χ0n) is 18.5. The Balaban J connectivity index is 1.40. The molecule has 0 saturated heterocycles. The van der Waals surface area contributed by atoms with Crippen LogP contribution in [0.1, 0.15) is 0 Å². The number of para-hydroxylation sites is 1. The summed E-state index contributed by atoms with van der Waals surface area (Å²) in [7, 11) is 0. The fourth-order valence-electron chi connectivity index (χ4n) is 4.33. The van der Waals surface area contributed by atoms with Crippen LogP contribution in [-0.4, -0.2) is 24.9 Å². The van der Waals surface area contributed by atoms with Crippen molar-refractivity contribution >= 4 is 43.2 Å². The largest absolute Gasteiger partial charge is 0.236 e. The number of benzene rings is 4. The predicted molar refractivity (Wildman–Crippen MR) is 142 cm³/mol. The summed E-state index contributed by atoms with van der Waals surface area (Å²) in [6.07, 6.45) is 3.61. The number of hydrogen-bond acceptors (Lipinski definition) is 6. The van der Waals surface area contributed by atoms with E-state index in [1.165, 1.54) is 0 Å². The third-order valence-corrected chi connectivity index (χ3v) is 7.12. The Morgan fingerprint density at radius 3 is 2.17 bits per heavy atom. The fraction of sp³-hybridized carbons (Fsp3) is 0. The van der Waals surface area contributed by atoms with Crippen LogP contribution in [-0.2, 0) is 0 Å². The Kier molecular flexibility index (Phi) is 4.57. The minimum absolute atomic E-state index is 0.488. The van der Waals surface area contributed by atoms with Crippen molar-refractivity contribution in [3.8, 4) is 33.5 Å². The standard InChI is InChI=1S/C29H17N5S/c1-2-9-19(10-3-1)25-22-15-14-18-8-4-5-11-21(18)26(22)34-28(33-25)27-30-16-20(17-31-27)29-32-23-12-6-7-13-24(23)35-29/h1-17H. The van der Waals surface area contributed by atoms with Crippen molar-refractivity contribution < 1.29 is 0 Å². The first-order valence-electron chi connectivity index (χ1n) is 11.3. The molecule has 3 aromatic heterocycles. The highest BCUT2D eigenvalue weighted by atomic mass is 32.1. The van der Waals surface area contributed by atoms with Gasteiger partial charge in [0.05, 0.1) is 21.4 Å². The van der Waals surface area contributed by atoms with Gasteiger partial charge in [-0.2, -0.15) is 0 Å². The van der Waals surface area contributed by atoms with Crippen molar-refractivity contribution in [3.63, 3.8) is 0 Å². The zero-order chi connectivity index (χ0) is 23.2. The first-order chi connectivity index (χ1) is 17.3. The molecule has 164 valence electrons. The number of aromatic nitrogens is 5. The smallest absolute Gasteiger partial charge is 0.198 e. The van der Waals surface area contributed by atoms with E-state index in [0.717, 1.165) is 53.7 Å². The summed E-state index contributed by atoms with van der Waals surface area (Å²) < 4.78 is 1.14. The van der Waals surface area contributed by atoms with Gasteiger partial charge in [0.2, 0.25) is 0 Å². The summed E-state index contributed by atoms with van der Waals surface area (Å²) in [5.41, 5.74) is 4.65. The van der Waals surface area contributed by atoms with Gasteiger partial charge in [-0.1, -0.05) is 72.8 Å². The monoisotopic (exact) mass is 467 g/mol. The number of nitrogens with zero attached hydrogens (tertiary/aromatic N) is 5. The van der Waals surface area contributed by atoms with E-state index < -0.39 is 0 Å². The summed E-state index contributed by atoms with van der Waals surface area (Å²) in [5, 5.41) is 4.12. The molecule has 5 nitrogen and oxygen atoms in total. The highest BCUT2D eigenvalue weighted by Gasteiger charge is 2.16. The van der Waals surface area contributed by atoms with Gasteiger partial charge in [0.25, 0.3) is 0 Å². The first kappa shape index (κ1) is 19.9. The Hall–Kier alpha value is -4.55. The molecule has 0 aliphatic rings. The molecule has 0 aliphatic heterocycles. The van der Waals surface area contributed by atoms with Crippen LogP contribution in [0.2, 0.25) is 0 Å². The van der Waals surface area contributed by atoms with Crippen LogP contribution in [0.5, 0.6) is 0 Å². The molecule has 7 rings (SSSR count). The first-order valence-corrected chi connectivity index (χ1v) is 12.1. The van der Waals surface area contributed by atoms with Crippen LogP contribution in [0.15, 0.2) is 103 Å². The van der Waals surface area contributed by atoms with Crippen LogP contribution in [0.4, 0.5) is 0 Å². The van der Waals surface area contributed by atoms with Gasteiger partial charge in [-0.3, -0.25) is 0 Å². The third-order valence-electron chi connectivity index (χ3n) is 6.03. The van der Waals surface area contributed by atoms with Gasteiger partial charge in [-0.15, -0.1) is 11.3 Å². The van der Waals surface area contributed by atoms with Crippen molar-refractivity contribution in [1.29, 1.82) is 0 Å². The molecule has 0 fully saturated rings. The molecule has 0 amide bonds. The lowest BCUT2D eigenvalue weighted by atomic mass is 10.0. The molecule has 0 spiro atoms. The lowest BCUT2D eigenvalue weighted by molar-refractivity contribution is 1.10. The van der Waals surface area contributed by atoms with Crippen molar-refractivity contribution in [1.82, 2.24) is 24.9 Å². The van der Waals surface area contributed by atoms with Crippen LogP contribution < -0.4 is 0 Å². The summed E-state index contributed by atoms with van der Waals surface area (Å²) in [5.74, 6) is 0.991. The van der Waals surface area contributed by atoms with Crippen molar-refractivity contribution in [3.05, 3.63) is 103 Å². The van der Waals surface area contributed by atoms with E-state index in [2.05, 4.69) is 52.4 Å². The minimum Gasteiger partial charge on any atom is -0.236 e. The molecular formula is C29H17N5S. The van der Waals surface area contributed by atoms with Gasteiger partial charge >= 0.3 is 0 Å². The molecule has 3 heterocycles. The number of thiazole rings is 1. The SMILES string of the molecule is c1ccc(-c2nc(-c3ncc(-c4nc5ccccc5s4)cn3)nc3c2ccc2ccccc23)cc1. The van der Waals surface area contributed by atoms with Crippen LogP contribution in [0.3, 0.4) is 0 Å². The van der Waals surface area contributed by atoms with Crippen LogP contribution in [0, 0.1) is 0 Å².